The number of hydrogen-bond donors (Lipinski definition) is 1. The van der Waals surface area contributed by atoms with Gasteiger partial charge in [0.2, 0.25) is 0 Å². The van der Waals surface area contributed by atoms with Gasteiger partial charge in [0.1, 0.15) is 5.75 Å². The van der Waals surface area contributed by atoms with Crippen LogP contribution in [0.1, 0.15) is 39.8 Å². The molecule has 2 heterocycles. The first-order valence-corrected chi connectivity index (χ1v) is 9.33. The van der Waals surface area contributed by atoms with Crippen LogP contribution < -0.4 is 10.1 Å². The van der Waals surface area contributed by atoms with Crippen molar-refractivity contribution in [1.29, 1.82) is 0 Å². The van der Waals surface area contributed by atoms with Crippen LogP contribution in [0.4, 0.5) is 0 Å². The highest BCUT2D eigenvalue weighted by Crippen LogP contribution is 2.18. The summed E-state index contributed by atoms with van der Waals surface area (Å²) < 4.78 is 5.01. The molecule has 1 N–H and O–H groups in total. The maximum absolute atomic E-state index is 12.4. The number of nitrogens with one attached hydrogen (secondary N) is 1. The predicted molar refractivity (Wildman–Crippen MR) is 98.5 cm³/mol. The molecule has 2 aromatic rings. The molecule has 0 atom stereocenters. The molecule has 6 nitrogen and oxygen atoms in total. The molecule has 1 aromatic heterocycles. The minimum Gasteiger partial charge on any atom is -0.427 e. The van der Waals surface area contributed by atoms with Gasteiger partial charge in [-0.2, -0.15) is 0 Å². The fourth-order valence-corrected chi connectivity index (χ4v) is 3.61. The summed E-state index contributed by atoms with van der Waals surface area (Å²) in [6.07, 6.45) is 1.43. The molecule has 1 saturated heterocycles. The number of piperidine rings is 1. The Morgan fingerprint density at radius 1 is 1.15 bits per heavy atom. The van der Waals surface area contributed by atoms with E-state index >= 15 is 0 Å². The van der Waals surface area contributed by atoms with Gasteiger partial charge in [0.05, 0.1) is 4.88 Å². The maximum atomic E-state index is 12.4. The van der Waals surface area contributed by atoms with Gasteiger partial charge in [0, 0.05) is 31.6 Å². The third kappa shape index (κ3) is 4.49. The third-order valence-corrected chi connectivity index (χ3v) is 5.07. The number of carbonyl (C=O) groups excluding carboxylic acids is 3. The van der Waals surface area contributed by atoms with Crippen LogP contribution in [0, 0.1) is 0 Å². The summed E-state index contributed by atoms with van der Waals surface area (Å²) in [5.74, 6) is -0.229. The number of esters is 1. The van der Waals surface area contributed by atoms with Crippen LogP contribution in [-0.4, -0.2) is 41.8 Å². The number of hydrogen-bond acceptors (Lipinski definition) is 5. The van der Waals surface area contributed by atoms with Crippen molar-refractivity contribution < 1.29 is 19.1 Å². The highest BCUT2D eigenvalue weighted by molar-refractivity contribution is 7.12. The van der Waals surface area contributed by atoms with Crippen LogP contribution in [0.5, 0.6) is 5.75 Å². The molecule has 1 aliphatic rings. The number of likely N-dealkylation sites (tertiary alicyclic amines) is 1. The van der Waals surface area contributed by atoms with Crippen molar-refractivity contribution in [1.82, 2.24) is 10.2 Å². The molecule has 136 valence electrons. The Kier molecular flexibility index (Phi) is 5.68. The number of ether oxygens (including phenoxy) is 1. The molecular formula is C19H20N2O4S. The molecule has 1 fully saturated rings. The van der Waals surface area contributed by atoms with Crippen LogP contribution in [0.25, 0.3) is 0 Å². The summed E-state index contributed by atoms with van der Waals surface area (Å²) in [4.78, 5) is 38.4. The van der Waals surface area contributed by atoms with Gasteiger partial charge in [0.25, 0.3) is 11.8 Å². The minimum atomic E-state index is -0.426. The molecule has 0 saturated carbocycles. The summed E-state index contributed by atoms with van der Waals surface area (Å²) in [6.45, 7) is 2.56. The van der Waals surface area contributed by atoms with Crippen LogP contribution in [0.3, 0.4) is 0 Å². The van der Waals surface area contributed by atoms with Gasteiger partial charge < -0.3 is 15.0 Å². The van der Waals surface area contributed by atoms with Gasteiger partial charge in [-0.1, -0.05) is 12.1 Å². The molecule has 1 aromatic carbocycles. The van der Waals surface area contributed by atoms with E-state index in [9.17, 15) is 14.4 Å². The van der Waals surface area contributed by atoms with Gasteiger partial charge in [0.15, 0.2) is 0 Å². The number of nitrogens with zero attached hydrogens (tertiary/aromatic N) is 1. The Labute approximate surface area is 155 Å². The van der Waals surface area contributed by atoms with E-state index in [2.05, 4.69) is 5.32 Å². The van der Waals surface area contributed by atoms with Gasteiger partial charge in [-0.25, -0.2) is 0 Å². The topological polar surface area (TPSA) is 75.7 Å². The van der Waals surface area contributed by atoms with Crippen molar-refractivity contribution >= 4 is 29.1 Å². The Bertz CT molecular complexity index is 796. The average Bonchev–Trinajstić information content (AvgIpc) is 3.16. The highest BCUT2D eigenvalue weighted by atomic mass is 32.1. The summed E-state index contributed by atoms with van der Waals surface area (Å²) >= 11 is 1.44. The Morgan fingerprint density at radius 3 is 2.58 bits per heavy atom. The van der Waals surface area contributed by atoms with E-state index in [0.717, 1.165) is 4.88 Å². The van der Waals surface area contributed by atoms with Crippen LogP contribution >= 0.6 is 11.3 Å². The first-order chi connectivity index (χ1) is 12.5. The molecule has 3 rings (SSSR count). The summed E-state index contributed by atoms with van der Waals surface area (Å²) in [5.41, 5.74) is 0.445. The summed E-state index contributed by atoms with van der Waals surface area (Å²) in [7, 11) is 0. The molecule has 2 amide bonds. The average molecular weight is 372 g/mol. The van der Waals surface area contributed by atoms with Crippen molar-refractivity contribution in [3.05, 3.63) is 52.2 Å². The van der Waals surface area contributed by atoms with E-state index < -0.39 is 5.97 Å². The second kappa shape index (κ2) is 8.14. The molecule has 0 spiro atoms. The minimum absolute atomic E-state index is 0.0206. The van der Waals surface area contributed by atoms with Crippen molar-refractivity contribution in [3.8, 4) is 5.75 Å². The lowest BCUT2D eigenvalue weighted by atomic mass is 10.0. The van der Waals surface area contributed by atoms with E-state index in [1.54, 1.807) is 24.3 Å². The number of thiophene rings is 1. The zero-order valence-corrected chi connectivity index (χ0v) is 15.3. The highest BCUT2D eigenvalue weighted by Gasteiger charge is 2.25. The maximum Gasteiger partial charge on any atom is 0.308 e. The molecule has 7 heteroatoms. The number of benzene rings is 1. The largest absolute Gasteiger partial charge is 0.427 e. The first kappa shape index (κ1) is 18.1. The van der Waals surface area contributed by atoms with E-state index in [0.29, 0.717) is 37.2 Å². The monoisotopic (exact) mass is 372 g/mol. The number of rotatable bonds is 4. The fourth-order valence-electron chi connectivity index (χ4n) is 2.92. The molecule has 0 aliphatic carbocycles. The Morgan fingerprint density at radius 2 is 1.92 bits per heavy atom. The third-order valence-electron chi connectivity index (χ3n) is 4.21. The lowest BCUT2D eigenvalue weighted by Crippen LogP contribution is -2.46. The molecular weight excluding hydrogens is 352 g/mol. The molecule has 0 bridgehead atoms. The van der Waals surface area contributed by atoms with Crippen LogP contribution in [0.2, 0.25) is 0 Å². The lowest BCUT2D eigenvalue weighted by Gasteiger charge is -2.32. The van der Waals surface area contributed by atoms with E-state index in [-0.39, 0.29) is 17.9 Å². The molecule has 0 unspecified atom stereocenters. The van der Waals surface area contributed by atoms with Crippen molar-refractivity contribution in [2.75, 3.05) is 13.1 Å². The zero-order chi connectivity index (χ0) is 18.5. The van der Waals surface area contributed by atoms with Gasteiger partial charge >= 0.3 is 5.97 Å². The zero-order valence-electron chi connectivity index (χ0n) is 14.4. The van der Waals surface area contributed by atoms with Crippen molar-refractivity contribution in [2.24, 2.45) is 0 Å². The Balaban J connectivity index is 1.53. The van der Waals surface area contributed by atoms with Gasteiger partial charge in [-0.15, -0.1) is 11.3 Å². The molecule has 26 heavy (non-hydrogen) atoms. The van der Waals surface area contributed by atoms with E-state index in [4.69, 9.17) is 4.74 Å². The normalized spacial score (nSPS) is 14.7. The first-order valence-electron chi connectivity index (χ1n) is 8.45. The summed E-state index contributed by atoms with van der Waals surface area (Å²) in [5, 5.41) is 4.89. The van der Waals surface area contributed by atoms with E-state index in [1.165, 1.54) is 18.3 Å². The smallest absolute Gasteiger partial charge is 0.308 e. The second-order valence-corrected chi connectivity index (χ2v) is 7.09. The van der Waals surface area contributed by atoms with Crippen LogP contribution in [-0.2, 0) is 4.79 Å². The molecule has 1 aliphatic heterocycles. The predicted octanol–water partition coefficient (Wildman–Crippen LogP) is 2.71. The van der Waals surface area contributed by atoms with Gasteiger partial charge in [-0.3, -0.25) is 14.4 Å². The van der Waals surface area contributed by atoms with Gasteiger partial charge in [-0.05, 0) is 42.5 Å². The van der Waals surface area contributed by atoms with Crippen molar-refractivity contribution in [3.63, 3.8) is 0 Å². The number of amides is 2. The van der Waals surface area contributed by atoms with Crippen LogP contribution in [0.15, 0.2) is 41.8 Å². The second-order valence-electron chi connectivity index (χ2n) is 6.14. The standard InChI is InChI=1S/C19H20N2O4S/c1-13(22)25-16-5-2-4-14(12-16)18(23)20-15-7-9-21(10-8-15)19(24)17-6-3-11-26-17/h2-6,11-12,15H,7-10H2,1H3,(H,20,23). The quantitative estimate of drug-likeness (QED) is 0.661. The summed E-state index contributed by atoms with van der Waals surface area (Å²) in [6, 6.07) is 10.3. The SMILES string of the molecule is CC(=O)Oc1cccc(C(=O)NC2CCN(C(=O)c3cccs3)CC2)c1. The lowest BCUT2D eigenvalue weighted by molar-refractivity contribution is -0.131. The molecule has 0 radical (unpaired) electrons. The van der Waals surface area contributed by atoms with E-state index in [1.807, 2.05) is 22.4 Å². The van der Waals surface area contributed by atoms with Crippen molar-refractivity contribution in [2.45, 2.75) is 25.8 Å². The Hall–Kier alpha value is -2.67. The fraction of sp³-hybridized carbons (Fsp3) is 0.316. The number of carbonyl (C=O) groups is 3.